The summed E-state index contributed by atoms with van der Waals surface area (Å²) in [5.74, 6) is -2.37. The van der Waals surface area contributed by atoms with Gasteiger partial charge in [0.2, 0.25) is 11.7 Å². The number of carbonyl (C=O) groups excluding carboxylic acids is 2. The first-order valence-electron chi connectivity index (χ1n) is 8.19. The smallest absolute Gasteiger partial charge is 0.329 e. The Bertz CT molecular complexity index is 841. The van der Waals surface area contributed by atoms with Gasteiger partial charge in [-0.1, -0.05) is 18.1 Å². The molecule has 1 fully saturated rings. The summed E-state index contributed by atoms with van der Waals surface area (Å²) in [6.45, 7) is 1.83. The van der Waals surface area contributed by atoms with Crippen LogP contribution in [0.1, 0.15) is 60.3 Å². The normalized spacial score (nSPS) is 14.3. The third kappa shape index (κ3) is 3.92. The Balaban J connectivity index is 1.89. The van der Waals surface area contributed by atoms with Gasteiger partial charge in [-0.15, -0.1) is 0 Å². The minimum atomic E-state index is -4.72. The average molecular weight is 367 g/mol. The van der Waals surface area contributed by atoms with Crippen LogP contribution in [-0.4, -0.2) is 22.0 Å². The van der Waals surface area contributed by atoms with E-state index in [9.17, 15) is 22.8 Å². The van der Waals surface area contributed by atoms with Crippen molar-refractivity contribution < 1.29 is 27.3 Å². The highest BCUT2D eigenvalue weighted by Crippen LogP contribution is 2.43. The number of alkyl halides is 3. The third-order valence-corrected chi connectivity index (χ3v) is 3.97. The molecular formula is C17H16F3N3O3. The number of benzene rings is 1. The molecule has 138 valence electrons. The number of hydrogen-bond donors (Lipinski definition) is 1. The van der Waals surface area contributed by atoms with Gasteiger partial charge in [0.05, 0.1) is 0 Å². The topological polar surface area (TPSA) is 85.1 Å². The lowest BCUT2D eigenvalue weighted by molar-refractivity contribution is -0.159. The van der Waals surface area contributed by atoms with Crippen molar-refractivity contribution in [1.29, 1.82) is 0 Å². The Kier molecular flexibility index (Phi) is 4.80. The Morgan fingerprint density at radius 2 is 2.04 bits per heavy atom. The van der Waals surface area contributed by atoms with Gasteiger partial charge in [-0.25, -0.2) is 0 Å². The van der Waals surface area contributed by atoms with Crippen LogP contribution < -0.4 is 5.32 Å². The van der Waals surface area contributed by atoms with Gasteiger partial charge in [-0.2, -0.15) is 18.2 Å². The van der Waals surface area contributed by atoms with Crippen molar-refractivity contribution in [3.8, 4) is 11.4 Å². The van der Waals surface area contributed by atoms with Gasteiger partial charge in [0, 0.05) is 17.5 Å². The largest absolute Gasteiger partial charge is 0.471 e. The molecule has 1 N–H and O–H groups in total. The highest BCUT2D eigenvalue weighted by molar-refractivity contribution is 6.05. The molecule has 0 spiro atoms. The second-order valence-corrected chi connectivity index (χ2v) is 6.12. The molecule has 0 atom stereocenters. The van der Waals surface area contributed by atoms with Crippen molar-refractivity contribution in [3.63, 3.8) is 0 Å². The van der Waals surface area contributed by atoms with Gasteiger partial charge in [-0.3, -0.25) is 14.9 Å². The highest BCUT2D eigenvalue weighted by Gasteiger charge is 2.38. The summed E-state index contributed by atoms with van der Waals surface area (Å²) in [5.41, 5.74) is 1.32. The van der Waals surface area contributed by atoms with Gasteiger partial charge in [0.1, 0.15) is 0 Å². The van der Waals surface area contributed by atoms with Crippen LogP contribution in [0.2, 0.25) is 0 Å². The van der Waals surface area contributed by atoms with Crippen LogP contribution >= 0.6 is 0 Å². The minimum Gasteiger partial charge on any atom is -0.329 e. The van der Waals surface area contributed by atoms with Crippen LogP contribution in [0.4, 0.5) is 13.2 Å². The first-order chi connectivity index (χ1) is 12.3. The lowest BCUT2D eigenvalue weighted by atomic mass is 9.99. The van der Waals surface area contributed by atoms with Crippen LogP contribution in [-0.2, 0) is 11.0 Å². The standard InChI is InChI=1S/C17H16F3N3O3/c1-2-3-13(24)21-15(25)11-7-6-10(8-12(11)9-4-5-9)14-22-16(26-23-14)17(18,19)20/h6-9H,2-5H2,1H3,(H,21,24,25). The molecule has 0 unspecified atom stereocenters. The number of halogens is 3. The zero-order chi connectivity index (χ0) is 18.9. The fourth-order valence-corrected chi connectivity index (χ4v) is 2.58. The van der Waals surface area contributed by atoms with E-state index in [-0.39, 0.29) is 24.1 Å². The number of amides is 2. The maximum absolute atomic E-state index is 12.6. The summed E-state index contributed by atoms with van der Waals surface area (Å²) in [5, 5.41) is 5.69. The van der Waals surface area contributed by atoms with E-state index >= 15 is 0 Å². The number of imide groups is 1. The van der Waals surface area contributed by atoms with E-state index in [0.29, 0.717) is 23.1 Å². The SMILES string of the molecule is CCCC(=O)NC(=O)c1ccc(-c2noc(C(F)(F)F)n2)cc1C1CC1. The quantitative estimate of drug-likeness (QED) is 0.871. The van der Waals surface area contributed by atoms with Crippen LogP contribution in [0, 0.1) is 0 Å². The predicted octanol–water partition coefficient (Wildman–Crippen LogP) is 3.69. The Hall–Kier alpha value is -2.71. The summed E-state index contributed by atoms with van der Waals surface area (Å²) < 4.78 is 42.1. The number of carbonyl (C=O) groups is 2. The first kappa shape index (κ1) is 18.1. The van der Waals surface area contributed by atoms with Crippen molar-refractivity contribution >= 4 is 11.8 Å². The van der Waals surface area contributed by atoms with Crippen molar-refractivity contribution in [2.24, 2.45) is 0 Å². The van der Waals surface area contributed by atoms with Crippen molar-refractivity contribution in [1.82, 2.24) is 15.5 Å². The molecule has 26 heavy (non-hydrogen) atoms. The third-order valence-electron chi connectivity index (χ3n) is 3.97. The zero-order valence-electron chi connectivity index (χ0n) is 13.9. The summed E-state index contributed by atoms with van der Waals surface area (Å²) in [6.07, 6.45) is -2.12. The molecule has 0 radical (unpaired) electrons. The maximum atomic E-state index is 12.6. The lowest BCUT2D eigenvalue weighted by Gasteiger charge is -2.10. The van der Waals surface area contributed by atoms with Gasteiger partial charge >= 0.3 is 12.1 Å². The zero-order valence-corrected chi connectivity index (χ0v) is 13.9. The molecule has 0 bridgehead atoms. The second-order valence-electron chi connectivity index (χ2n) is 6.12. The van der Waals surface area contributed by atoms with E-state index < -0.39 is 18.0 Å². The molecule has 3 rings (SSSR count). The van der Waals surface area contributed by atoms with E-state index in [1.165, 1.54) is 12.1 Å². The summed E-state index contributed by atoms with van der Waals surface area (Å²) in [6, 6.07) is 4.50. The van der Waals surface area contributed by atoms with Crippen molar-refractivity contribution in [2.45, 2.75) is 44.7 Å². The molecule has 1 aromatic carbocycles. The van der Waals surface area contributed by atoms with E-state index in [2.05, 4.69) is 20.0 Å². The molecule has 1 heterocycles. The molecule has 1 aliphatic carbocycles. The van der Waals surface area contributed by atoms with Crippen LogP contribution in [0.5, 0.6) is 0 Å². The molecule has 1 aromatic heterocycles. The molecular weight excluding hydrogens is 351 g/mol. The van der Waals surface area contributed by atoms with Gasteiger partial charge in [0.25, 0.3) is 5.91 Å². The molecule has 9 heteroatoms. The Morgan fingerprint density at radius 3 is 2.62 bits per heavy atom. The van der Waals surface area contributed by atoms with Gasteiger partial charge in [0.15, 0.2) is 0 Å². The van der Waals surface area contributed by atoms with E-state index in [4.69, 9.17) is 0 Å². The van der Waals surface area contributed by atoms with Crippen molar-refractivity contribution in [3.05, 3.63) is 35.2 Å². The molecule has 6 nitrogen and oxygen atoms in total. The maximum Gasteiger partial charge on any atom is 0.471 e. The Morgan fingerprint density at radius 1 is 1.31 bits per heavy atom. The summed E-state index contributed by atoms with van der Waals surface area (Å²) >= 11 is 0. The van der Waals surface area contributed by atoms with Gasteiger partial charge in [-0.05, 0) is 42.9 Å². The first-order valence-corrected chi connectivity index (χ1v) is 8.19. The minimum absolute atomic E-state index is 0.131. The number of nitrogens with one attached hydrogen (secondary N) is 1. The highest BCUT2D eigenvalue weighted by atomic mass is 19.4. The molecule has 0 saturated heterocycles. The molecule has 1 saturated carbocycles. The fraction of sp³-hybridized carbons (Fsp3) is 0.412. The molecule has 2 aromatic rings. The monoisotopic (exact) mass is 367 g/mol. The fourth-order valence-electron chi connectivity index (χ4n) is 2.58. The van der Waals surface area contributed by atoms with E-state index in [1.807, 2.05) is 6.92 Å². The average Bonchev–Trinajstić information content (AvgIpc) is 3.29. The number of rotatable bonds is 5. The van der Waals surface area contributed by atoms with Crippen LogP contribution in [0.25, 0.3) is 11.4 Å². The number of aromatic nitrogens is 2. The summed E-state index contributed by atoms with van der Waals surface area (Å²) in [4.78, 5) is 27.3. The predicted molar refractivity (Wildman–Crippen MR) is 84.1 cm³/mol. The molecule has 1 aliphatic rings. The number of hydrogen-bond acceptors (Lipinski definition) is 5. The molecule has 0 aliphatic heterocycles. The second kappa shape index (κ2) is 6.89. The van der Waals surface area contributed by atoms with Crippen LogP contribution in [0.15, 0.2) is 22.7 Å². The van der Waals surface area contributed by atoms with Crippen molar-refractivity contribution in [2.75, 3.05) is 0 Å². The number of nitrogens with zero attached hydrogens (tertiary/aromatic N) is 2. The summed E-state index contributed by atoms with van der Waals surface area (Å²) in [7, 11) is 0. The van der Waals surface area contributed by atoms with E-state index in [1.54, 1.807) is 6.07 Å². The van der Waals surface area contributed by atoms with Crippen LogP contribution in [0.3, 0.4) is 0 Å². The van der Waals surface area contributed by atoms with E-state index in [0.717, 1.165) is 12.8 Å². The molecule has 2 amide bonds. The van der Waals surface area contributed by atoms with Gasteiger partial charge < -0.3 is 4.52 Å². The Labute approximate surface area is 146 Å². The lowest BCUT2D eigenvalue weighted by Crippen LogP contribution is -2.30.